The monoisotopic (exact) mass is 288 g/mol. The lowest BCUT2D eigenvalue weighted by molar-refractivity contribution is -0.138. The van der Waals surface area contributed by atoms with E-state index < -0.39 is 5.97 Å². The van der Waals surface area contributed by atoms with Crippen molar-refractivity contribution in [3.8, 4) is 0 Å². The van der Waals surface area contributed by atoms with Crippen molar-refractivity contribution < 1.29 is 13.9 Å². The molecule has 2 rings (SSSR count). The summed E-state index contributed by atoms with van der Waals surface area (Å²) in [5, 5.41) is 4.26. The number of nitrogens with zero attached hydrogens (tertiary/aromatic N) is 2. The Bertz CT molecular complexity index is 690. The minimum atomic E-state index is -0.513. The molecule has 0 amide bonds. The van der Waals surface area contributed by atoms with Crippen LogP contribution in [0.2, 0.25) is 0 Å². The van der Waals surface area contributed by atoms with Gasteiger partial charge in [-0.25, -0.2) is 9.18 Å². The smallest absolute Gasteiger partial charge is 0.331 e. The van der Waals surface area contributed by atoms with Gasteiger partial charge in [0.15, 0.2) is 0 Å². The average molecular weight is 288 g/mol. The molecule has 0 spiro atoms. The minimum Gasteiger partial charge on any atom is -0.458 e. The summed E-state index contributed by atoms with van der Waals surface area (Å²) in [6.45, 7) is 3.71. The third-order valence-corrected chi connectivity index (χ3v) is 3.28. The van der Waals surface area contributed by atoms with Crippen molar-refractivity contribution in [2.24, 2.45) is 7.05 Å². The number of carbonyl (C=O) groups excluding carboxylic acids is 1. The fourth-order valence-corrected chi connectivity index (χ4v) is 2.00. The highest BCUT2D eigenvalue weighted by molar-refractivity contribution is 5.87. The van der Waals surface area contributed by atoms with E-state index in [2.05, 4.69) is 5.10 Å². The van der Waals surface area contributed by atoms with Crippen LogP contribution in [0.1, 0.15) is 22.5 Å². The van der Waals surface area contributed by atoms with E-state index in [0.717, 1.165) is 17.0 Å². The Balaban J connectivity index is 1.99. The molecular weight excluding hydrogens is 271 g/mol. The molecule has 2 aromatic rings. The van der Waals surface area contributed by atoms with E-state index >= 15 is 0 Å². The van der Waals surface area contributed by atoms with Crippen molar-refractivity contribution in [2.45, 2.75) is 20.5 Å². The first kappa shape index (κ1) is 15.0. The molecule has 0 saturated carbocycles. The van der Waals surface area contributed by atoms with Gasteiger partial charge < -0.3 is 4.74 Å². The molecule has 0 unspecified atom stereocenters. The van der Waals surface area contributed by atoms with Crippen LogP contribution in [0.5, 0.6) is 0 Å². The fraction of sp³-hybridized carbons (Fsp3) is 0.250. The Kier molecular flexibility index (Phi) is 4.52. The predicted octanol–water partition coefficient (Wildman–Crippen LogP) is 2.93. The maximum atomic E-state index is 13.4. The molecule has 0 bridgehead atoms. The first-order valence-electron chi connectivity index (χ1n) is 6.57. The lowest BCUT2D eigenvalue weighted by Gasteiger charge is -2.03. The third-order valence-electron chi connectivity index (χ3n) is 3.28. The molecule has 0 saturated heterocycles. The zero-order chi connectivity index (χ0) is 15.4. The van der Waals surface area contributed by atoms with Gasteiger partial charge in [0.05, 0.1) is 5.69 Å². The highest BCUT2D eigenvalue weighted by Gasteiger charge is 2.07. The van der Waals surface area contributed by atoms with Gasteiger partial charge in [-0.1, -0.05) is 18.2 Å². The first-order chi connectivity index (χ1) is 9.99. The number of rotatable bonds is 4. The number of hydrogen-bond donors (Lipinski definition) is 0. The molecule has 21 heavy (non-hydrogen) atoms. The van der Waals surface area contributed by atoms with Crippen LogP contribution >= 0.6 is 0 Å². The molecular formula is C16H17FN2O2. The van der Waals surface area contributed by atoms with Crippen molar-refractivity contribution in [3.63, 3.8) is 0 Å². The molecule has 1 aromatic heterocycles. The summed E-state index contributed by atoms with van der Waals surface area (Å²) >= 11 is 0. The van der Waals surface area contributed by atoms with Crippen molar-refractivity contribution >= 4 is 12.0 Å². The third kappa shape index (κ3) is 3.56. The average Bonchev–Trinajstić information content (AvgIpc) is 2.69. The molecule has 0 fully saturated rings. The standard InChI is InChI=1S/C16H17FN2O2/c1-11-14(12(2)19(3)18-11)8-9-16(20)21-10-13-6-4-5-7-15(13)17/h4-9H,10H2,1-3H3/b9-8+. The Labute approximate surface area is 122 Å². The van der Waals surface area contributed by atoms with Crippen LogP contribution in [0.4, 0.5) is 4.39 Å². The summed E-state index contributed by atoms with van der Waals surface area (Å²) in [6, 6.07) is 6.21. The summed E-state index contributed by atoms with van der Waals surface area (Å²) in [5.74, 6) is -0.894. The second-order valence-electron chi connectivity index (χ2n) is 4.74. The lowest BCUT2D eigenvalue weighted by atomic mass is 10.2. The van der Waals surface area contributed by atoms with Gasteiger partial charge >= 0.3 is 5.97 Å². The van der Waals surface area contributed by atoms with Gasteiger partial charge in [-0.3, -0.25) is 4.68 Å². The molecule has 0 aliphatic heterocycles. The number of carbonyl (C=O) groups is 1. The van der Waals surface area contributed by atoms with Gasteiger partial charge in [0, 0.05) is 29.9 Å². The Hall–Kier alpha value is -2.43. The van der Waals surface area contributed by atoms with Crippen LogP contribution < -0.4 is 0 Å². The predicted molar refractivity (Wildman–Crippen MR) is 77.9 cm³/mol. The van der Waals surface area contributed by atoms with Crippen LogP contribution in [0.15, 0.2) is 30.3 Å². The quantitative estimate of drug-likeness (QED) is 0.642. The second kappa shape index (κ2) is 6.35. The molecule has 0 N–H and O–H groups in total. The van der Waals surface area contributed by atoms with Crippen molar-refractivity contribution in [1.82, 2.24) is 9.78 Å². The number of hydrogen-bond acceptors (Lipinski definition) is 3. The number of ether oxygens (including phenoxy) is 1. The topological polar surface area (TPSA) is 44.1 Å². The number of benzene rings is 1. The van der Waals surface area contributed by atoms with E-state index in [1.54, 1.807) is 29.0 Å². The largest absolute Gasteiger partial charge is 0.458 e. The minimum absolute atomic E-state index is 0.0825. The normalized spacial score (nSPS) is 11.0. The summed E-state index contributed by atoms with van der Waals surface area (Å²) in [6.07, 6.45) is 3.00. The zero-order valence-electron chi connectivity index (χ0n) is 12.3. The molecule has 0 radical (unpaired) electrons. The molecule has 1 heterocycles. The molecule has 4 nitrogen and oxygen atoms in total. The highest BCUT2D eigenvalue weighted by Crippen LogP contribution is 2.14. The van der Waals surface area contributed by atoms with E-state index in [4.69, 9.17) is 4.74 Å². The maximum absolute atomic E-state index is 13.4. The SMILES string of the molecule is Cc1nn(C)c(C)c1/C=C/C(=O)OCc1ccccc1F. The van der Waals surface area contributed by atoms with Gasteiger partial charge in [-0.15, -0.1) is 0 Å². The van der Waals surface area contributed by atoms with Crippen LogP contribution in [-0.2, 0) is 23.2 Å². The summed E-state index contributed by atoms with van der Waals surface area (Å²) in [4.78, 5) is 11.7. The van der Waals surface area contributed by atoms with Crippen LogP contribution in [0.3, 0.4) is 0 Å². The molecule has 110 valence electrons. The number of aryl methyl sites for hydroxylation is 2. The summed E-state index contributed by atoms with van der Waals surface area (Å²) < 4.78 is 20.2. The fourth-order valence-electron chi connectivity index (χ4n) is 2.00. The second-order valence-corrected chi connectivity index (χ2v) is 4.74. The van der Waals surface area contributed by atoms with E-state index in [-0.39, 0.29) is 12.4 Å². The highest BCUT2D eigenvalue weighted by atomic mass is 19.1. The summed E-state index contributed by atoms with van der Waals surface area (Å²) in [5.41, 5.74) is 3.05. The van der Waals surface area contributed by atoms with E-state index in [1.165, 1.54) is 12.1 Å². The van der Waals surface area contributed by atoms with Crippen molar-refractivity contribution in [2.75, 3.05) is 0 Å². The van der Waals surface area contributed by atoms with Gasteiger partial charge in [0.1, 0.15) is 12.4 Å². The van der Waals surface area contributed by atoms with Gasteiger partial charge in [-0.05, 0) is 26.0 Å². The number of esters is 1. The number of aromatic nitrogens is 2. The Morgan fingerprint density at radius 1 is 1.38 bits per heavy atom. The Morgan fingerprint density at radius 2 is 2.10 bits per heavy atom. The van der Waals surface area contributed by atoms with Crippen LogP contribution in [0.25, 0.3) is 6.08 Å². The lowest BCUT2D eigenvalue weighted by Crippen LogP contribution is -2.02. The molecule has 0 aliphatic carbocycles. The van der Waals surface area contributed by atoms with E-state index in [0.29, 0.717) is 5.56 Å². The van der Waals surface area contributed by atoms with Crippen molar-refractivity contribution in [3.05, 3.63) is 58.7 Å². The first-order valence-corrected chi connectivity index (χ1v) is 6.57. The molecule has 0 atom stereocenters. The van der Waals surface area contributed by atoms with E-state index in [1.807, 2.05) is 20.9 Å². The maximum Gasteiger partial charge on any atom is 0.331 e. The van der Waals surface area contributed by atoms with Crippen LogP contribution in [0, 0.1) is 19.7 Å². The zero-order valence-corrected chi connectivity index (χ0v) is 12.3. The van der Waals surface area contributed by atoms with Gasteiger partial charge in [0.2, 0.25) is 0 Å². The van der Waals surface area contributed by atoms with Gasteiger partial charge in [0.25, 0.3) is 0 Å². The summed E-state index contributed by atoms with van der Waals surface area (Å²) in [7, 11) is 1.84. The molecule has 5 heteroatoms. The Morgan fingerprint density at radius 3 is 2.71 bits per heavy atom. The van der Waals surface area contributed by atoms with Crippen molar-refractivity contribution in [1.29, 1.82) is 0 Å². The van der Waals surface area contributed by atoms with Gasteiger partial charge in [-0.2, -0.15) is 5.10 Å². The molecule has 0 aliphatic rings. The van der Waals surface area contributed by atoms with E-state index in [9.17, 15) is 9.18 Å². The van der Waals surface area contributed by atoms with Crippen LogP contribution in [-0.4, -0.2) is 15.7 Å². The number of halogens is 1. The molecule has 1 aromatic carbocycles.